The van der Waals surface area contributed by atoms with Crippen LogP contribution in [0.3, 0.4) is 0 Å². The topological polar surface area (TPSA) is 46.3 Å². The van der Waals surface area contributed by atoms with Gasteiger partial charge in [0.25, 0.3) is 5.91 Å². The summed E-state index contributed by atoms with van der Waals surface area (Å²) < 4.78 is 0. The molecule has 1 rings (SSSR count). The lowest BCUT2D eigenvalue weighted by Gasteiger charge is -2.32. The number of carbonyl (C=O) groups is 1. The highest BCUT2D eigenvalue weighted by atomic mass is 35.5. The van der Waals surface area contributed by atoms with E-state index in [0.29, 0.717) is 35.2 Å². The van der Waals surface area contributed by atoms with Crippen LogP contribution in [0, 0.1) is 5.41 Å². The van der Waals surface area contributed by atoms with Crippen LogP contribution in [0.5, 0.6) is 0 Å². The average Bonchev–Trinajstić information content (AvgIpc) is 2.37. The lowest BCUT2D eigenvalue weighted by atomic mass is 9.92. The number of carbonyl (C=O) groups excluding carboxylic acids is 1. The molecule has 0 aromatic heterocycles. The first-order chi connectivity index (χ1) is 9.30. The van der Waals surface area contributed by atoms with Gasteiger partial charge in [-0.05, 0) is 36.6 Å². The van der Waals surface area contributed by atoms with E-state index in [1.54, 1.807) is 18.2 Å². The molecule has 1 aromatic carbocycles. The zero-order valence-electron chi connectivity index (χ0n) is 12.2. The molecule has 0 spiro atoms. The van der Waals surface area contributed by atoms with Gasteiger partial charge in [0.1, 0.15) is 0 Å². The van der Waals surface area contributed by atoms with Crippen molar-refractivity contribution in [3.8, 4) is 0 Å². The van der Waals surface area contributed by atoms with Crippen LogP contribution < -0.4 is 5.73 Å². The van der Waals surface area contributed by atoms with Crippen molar-refractivity contribution in [2.75, 3.05) is 19.6 Å². The second-order valence-electron chi connectivity index (χ2n) is 5.72. The Hall–Kier alpha value is -0.770. The number of benzene rings is 1. The lowest BCUT2D eigenvalue weighted by Crippen LogP contribution is -2.42. The summed E-state index contributed by atoms with van der Waals surface area (Å²) in [6.45, 7) is 7.95. The number of nitrogens with zero attached hydrogens (tertiary/aromatic N) is 1. The van der Waals surface area contributed by atoms with Crippen LogP contribution in [0.1, 0.15) is 37.6 Å². The van der Waals surface area contributed by atoms with Gasteiger partial charge >= 0.3 is 0 Å². The van der Waals surface area contributed by atoms with E-state index in [4.69, 9.17) is 28.9 Å². The molecule has 0 bridgehead atoms. The molecule has 0 aliphatic heterocycles. The van der Waals surface area contributed by atoms with Gasteiger partial charge in [0.2, 0.25) is 0 Å². The molecule has 2 N–H and O–H groups in total. The van der Waals surface area contributed by atoms with Crippen molar-refractivity contribution in [1.29, 1.82) is 0 Å². The summed E-state index contributed by atoms with van der Waals surface area (Å²) in [5, 5.41) is 0.907. The van der Waals surface area contributed by atoms with Crippen molar-refractivity contribution in [1.82, 2.24) is 4.90 Å². The van der Waals surface area contributed by atoms with Crippen molar-refractivity contribution < 1.29 is 4.79 Å². The van der Waals surface area contributed by atoms with Gasteiger partial charge < -0.3 is 10.6 Å². The Morgan fingerprint density at radius 2 is 2.00 bits per heavy atom. The third kappa shape index (κ3) is 4.65. The number of amides is 1. The van der Waals surface area contributed by atoms with E-state index in [0.717, 1.165) is 6.42 Å². The average molecular weight is 317 g/mol. The Kier molecular flexibility index (Phi) is 6.31. The first-order valence-corrected chi connectivity index (χ1v) is 7.50. The van der Waals surface area contributed by atoms with E-state index in [2.05, 4.69) is 0 Å². The Morgan fingerprint density at radius 3 is 2.50 bits per heavy atom. The smallest absolute Gasteiger partial charge is 0.255 e. The van der Waals surface area contributed by atoms with Crippen molar-refractivity contribution in [2.45, 2.75) is 27.2 Å². The van der Waals surface area contributed by atoms with Gasteiger partial charge in [0.05, 0.1) is 10.6 Å². The summed E-state index contributed by atoms with van der Waals surface area (Å²) in [5.41, 5.74) is 6.12. The van der Waals surface area contributed by atoms with Crippen molar-refractivity contribution in [3.63, 3.8) is 0 Å². The number of rotatable bonds is 6. The van der Waals surface area contributed by atoms with E-state index in [9.17, 15) is 4.79 Å². The highest BCUT2D eigenvalue weighted by Crippen LogP contribution is 2.24. The van der Waals surface area contributed by atoms with Crippen LogP contribution >= 0.6 is 23.2 Å². The number of nitrogens with two attached hydrogens (primary N) is 1. The summed E-state index contributed by atoms with van der Waals surface area (Å²) in [7, 11) is 0. The fraction of sp³-hybridized carbons (Fsp3) is 0.533. The summed E-state index contributed by atoms with van der Waals surface area (Å²) in [5.74, 6) is -0.0740. The maximum Gasteiger partial charge on any atom is 0.255 e. The SMILES string of the molecule is CCCN(CC(C)(C)CN)C(=O)c1ccc(Cl)cc1Cl. The first-order valence-electron chi connectivity index (χ1n) is 6.75. The number of halogens is 2. The third-order valence-electron chi connectivity index (χ3n) is 3.11. The third-order valence-corrected chi connectivity index (χ3v) is 3.66. The van der Waals surface area contributed by atoms with Crippen LogP contribution in [-0.2, 0) is 0 Å². The lowest BCUT2D eigenvalue weighted by molar-refractivity contribution is 0.0689. The molecule has 3 nitrogen and oxygen atoms in total. The molecule has 0 heterocycles. The van der Waals surface area contributed by atoms with Crippen LogP contribution in [-0.4, -0.2) is 30.4 Å². The van der Waals surface area contributed by atoms with Crippen molar-refractivity contribution in [3.05, 3.63) is 33.8 Å². The number of hydrogen-bond donors (Lipinski definition) is 1. The zero-order chi connectivity index (χ0) is 15.3. The normalized spacial score (nSPS) is 11.5. The van der Waals surface area contributed by atoms with Gasteiger partial charge in [-0.1, -0.05) is 44.0 Å². The molecule has 0 unspecified atom stereocenters. The Bertz CT molecular complexity index is 475. The van der Waals surface area contributed by atoms with Gasteiger partial charge in [0, 0.05) is 18.1 Å². The van der Waals surface area contributed by atoms with Crippen molar-refractivity contribution in [2.24, 2.45) is 11.1 Å². The minimum atomic E-state index is -0.121. The van der Waals surface area contributed by atoms with E-state index < -0.39 is 0 Å². The summed E-state index contributed by atoms with van der Waals surface area (Å²) in [4.78, 5) is 14.4. The molecule has 112 valence electrons. The standard InChI is InChI=1S/C15H22Cl2N2O/c1-4-7-19(10-15(2,3)9-18)14(20)12-6-5-11(16)8-13(12)17/h5-6,8H,4,7,9-10,18H2,1-3H3. The number of hydrogen-bond acceptors (Lipinski definition) is 2. The predicted octanol–water partition coefficient (Wildman–Crippen LogP) is 3.83. The first kappa shape index (κ1) is 17.3. The van der Waals surface area contributed by atoms with E-state index in [1.165, 1.54) is 0 Å². The quantitative estimate of drug-likeness (QED) is 0.867. The molecule has 0 aliphatic rings. The van der Waals surface area contributed by atoms with Gasteiger partial charge in [-0.15, -0.1) is 0 Å². The Labute approximate surface area is 131 Å². The minimum Gasteiger partial charge on any atom is -0.338 e. The fourth-order valence-electron chi connectivity index (χ4n) is 1.94. The molecule has 1 aromatic rings. The summed E-state index contributed by atoms with van der Waals surface area (Å²) in [6, 6.07) is 4.94. The molecular weight excluding hydrogens is 295 g/mol. The van der Waals surface area contributed by atoms with Crippen LogP contribution in [0.4, 0.5) is 0 Å². The summed E-state index contributed by atoms with van der Waals surface area (Å²) >= 11 is 12.0. The molecule has 5 heteroatoms. The second kappa shape index (κ2) is 7.30. The van der Waals surface area contributed by atoms with Gasteiger partial charge in [-0.25, -0.2) is 0 Å². The van der Waals surface area contributed by atoms with Gasteiger partial charge in [-0.2, -0.15) is 0 Å². The van der Waals surface area contributed by atoms with Crippen LogP contribution in [0.2, 0.25) is 10.0 Å². The van der Waals surface area contributed by atoms with E-state index >= 15 is 0 Å². The monoisotopic (exact) mass is 316 g/mol. The zero-order valence-corrected chi connectivity index (χ0v) is 13.8. The molecule has 0 saturated carbocycles. The molecular formula is C15H22Cl2N2O. The molecule has 0 atom stereocenters. The second-order valence-corrected chi connectivity index (χ2v) is 6.56. The summed E-state index contributed by atoms with van der Waals surface area (Å²) in [6.07, 6.45) is 0.887. The molecule has 0 aliphatic carbocycles. The highest BCUT2D eigenvalue weighted by molar-refractivity contribution is 6.36. The largest absolute Gasteiger partial charge is 0.338 e. The molecule has 0 fully saturated rings. The molecule has 1 amide bonds. The van der Waals surface area contributed by atoms with Crippen LogP contribution in [0.25, 0.3) is 0 Å². The van der Waals surface area contributed by atoms with Crippen molar-refractivity contribution >= 4 is 29.1 Å². The van der Waals surface area contributed by atoms with E-state index in [1.807, 2.05) is 25.7 Å². The fourth-order valence-corrected chi connectivity index (χ4v) is 2.43. The van der Waals surface area contributed by atoms with Crippen LogP contribution in [0.15, 0.2) is 18.2 Å². The maximum absolute atomic E-state index is 12.6. The molecule has 20 heavy (non-hydrogen) atoms. The van der Waals surface area contributed by atoms with Gasteiger partial charge in [0.15, 0.2) is 0 Å². The highest BCUT2D eigenvalue weighted by Gasteiger charge is 2.25. The molecule has 0 radical (unpaired) electrons. The predicted molar refractivity (Wildman–Crippen MR) is 85.5 cm³/mol. The molecule has 0 saturated heterocycles. The van der Waals surface area contributed by atoms with Gasteiger partial charge in [-0.3, -0.25) is 4.79 Å². The minimum absolute atomic E-state index is 0.0740. The maximum atomic E-state index is 12.6. The Balaban J connectivity index is 2.99. The Morgan fingerprint density at radius 1 is 1.35 bits per heavy atom. The van der Waals surface area contributed by atoms with E-state index in [-0.39, 0.29) is 11.3 Å².